The van der Waals surface area contributed by atoms with E-state index < -0.39 is 0 Å². The lowest BCUT2D eigenvalue weighted by Crippen LogP contribution is -2.24. The summed E-state index contributed by atoms with van der Waals surface area (Å²) in [6.07, 6.45) is 0.923. The molecule has 0 amide bonds. The van der Waals surface area contributed by atoms with Gasteiger partial charge in [-0.3, -0.25) is 5.41 Å². The van der Waals surface area contributed by atoms with Gasteiger partial charge in [-0.25, -0.2) is 0 Å². The number of nitrogens with one attached hydrogen (secondary N) is 1. The molecular formula is C11H16N2S. The molecule has 0 spiro atoms. The number of hydrogen-bond donors (Lipinski definition) is 2. The molecule has 1 unspecified atom stereocenters. The molecule has 3 N–H and O–H groups in total. The van der Waals surface area contributed by atoms with Crippen LogP contribution in [0.2, 0.25) is 0 Å². The van der Waals surface area contributed by atoms with Crippen molar-refractivity contribution in [3.63, 3.8) is 0 Å². The highest BCUT2D eigenvalue weighted by Crippen LogP contribution is 2.19. The van der Waals surface area contributed by atoms with Crippen molar-refractivity contribution < 1.29 is 0 Å². The van der Waals surface area contributed by atoms with Gasteiger partial charge in [0.05, 0.1) is 5.25 Å². The fourth-order valence-electron chi connectivity index (χ4n) is 1.20. The van der Waals surface area contributed by atoms with Crippen LogP contribution >= 0.6 is 11.8 Å². The van der Waals surface area contributed by atoms with Gasteiger partial charge in [-0.1, -0.05) is 37.3 Å². The Morgan fingerprint density at radius 2 is 2.07 bits per heavy atom. The van der Waals surface area contributed by atoms with Crippen molar-refractivity contribution in [2.24, 2.45) is 5.73 Å². The van der Waals surface area contributed by atoms with Crippen LogP contribution < -0.4 is 5.73 Å². The van der Waals surface area contributed by atoms with Crippen LogP contribution in [-0.2, 0) is 5.75 Å². The van der Waals surface area contributed by atoms with Gasteiger partial charge in [0, 0.05) is 5.75 Å². The average Bonchev–Trinajstić information content (AvgIpc) is 2.20. The highest BCUT2D eigenvalue weighted by atomic mass is 32.2. The molecule has 0 aliphatic carbocycles. The Bertz CT molecular complexity index is 285. The van der Waals surface area contributed by atoms with E-state index in [1.54, 1.807) is 11.8 Å². The first-order chi connectivity index (χ1) is 6.74. The van der Waals surface area contributed by atoms with Gasteiger partial charge in [-0.05, 0) is 12.0 Å². The molecule has 0 heterocycles. The highest BCUT2D eigenvalue weighted by molar-refractivity contribution is 7.99. The zero-order valence-electron chi connectivity index (χ0n) is 8.36. The van der Waals surface area contributed by atoms with E-state index in [1.807, 2.05) is 18.2 Å². The van der Waals surface area contributed by atoms with E-state index in [1.165, 1.54) is 5.56 Å². The Morgan fingerprint density at radius 3 is 2.57 bits per heavy atom. The Balaban J connectivity index is 2.44. The van der Waals surface area contributed by atoms with Crippen molar-refractivity contribution >= 4 is 17.6 Å². The third-order valence-corrected chi connectivity index (χ3v) is 3.50. The Labute approximate surface area is 89.4 Å². The largest absolute Gasteiger partial charge is 0.387 e. The maximum atomic E-state index is 7.37. The molecule has 1 rings (SSSR count). The summed E-state index contributed by atoms with van der Waals surface area (Å²) in [5.41, 5.74) is 6.76. The fourth-order valence-corrected chi connectivity index (χ4v) is 2.20. The molecule has 1 aromatic carbocycles. The molecule has 3 heteroatoms. The van der Waals surface area contributed by atoms with Crippen LogP contribution in [0.3, 0.4) is 0 Å². The SMILES string of the molecule is CCC(SCc1ccccc1)C(=N)N. The minimum atomic E-state index is 0.162. The van der Waals surface area contributed by atoms with Gasteiger partial charge in [0.15, 0.2) is 0 Å². The summed E-state index contributed by atoms with van der Waals surface area (Å²) in [5.74, 6) is 1.22. The first kappa shape index (κ1) is 11.1. The maximum absolute atomic E-state index is 7.37. The Kier molecular flexibility index (Phi) is 4.53. The number of benzene rings is 1. The Hall–Kier alpha value is -0.960. The predicted octanol–water partition coefficient (Wildman–Crippen LogP) is 2.63. The van der Waals surface area contributed by atoms with E-state index in [0.717, 1.165) is 12.2 Å². The topological polar surface area (TPSA) is 49.9 Å². The standard InChI is InChI=1S/C11H16N2S/c1-2-10(11(12)13)14-8-9-6-4-3-5-7-9/h3-7,10H,2,8H2,1H3,(H3,12,13). The molecule has 0 saturated carbocycles. The van der Waals surface area contributed by atoms with E-state index in [-0.39, 0.29) is 11.1 Å². The zero-order valence-corrected chi connectivity index (χ0v) is 9.18. The first-order valence-corrected chi connectivity index (χ1v) is 5.78. The summed E-state index contributed by atoms with van der Waals surface area (Å²) in [4.78, 5) is 0. The second kappa shape index (κ2) is 5.70. The lowest BCUT2D eigenvalue weighted by Gasteiger charge is -2.12. The van der Waals surface area contributed by atoms with E-state index in [9.17, 15) is 0 Å². The van der Waals surface area contributed by atoms with Crippen molar-refractivity contribution in [1.29, 1.82) is 5.41 Å². The summed E-state index contributed by atoms with van der Waals surface area (Å²) in [6.45, 7) is 2.06. The predicted molar refractivity (Wildman–Crippen MR) is 63.7 cm³/mol. The Morgan fingerprint density at radius 1 is 1.43 bits per heavy atom. The van der Waals surface area contributed by atoms with Gasteiger partial charge < -0.3 is 5.73 Å². The van der Waals surface area contributed by atoms with Gasteiger partial charge >= 0.3 is 0 Å². The van der Waals surface area contributed by atoms with Crippen LogP contribution in [0.4, 0.5) is 0 Å². The molecule has 0 radical (unpaired) electrons. The third kappa shape index (κ3) is 3.42. The zero-order chi connectivity index (χ0) is 10.4. The normalized spacial score (nSPS) is 12.4. The van der Waals surface area contributed by atoms with Crippen molar-refractivity contribution in [3.8, 4) is 0 Å². The summed E-state index contributed by atoms with van der Waals surface area (Å²) in [6, 6.07) is 10.3. The molecule has 0 fully saturated rings. The highest BCUT2D eigenvalue weighted by Gasteiger charge is 2.09. The van der Waals surface area contributed by atoms with Gasteiger partial charge in [-0.15, -0.1) is 11.8 Å². The molecule has 0 aliphatic heterocycles. The molecule has 2 nitrogen and oxygen atoms in total. The van der Waals surface area contributed by atoms with E-state index in [2.05, 4.69) is 19.1 Å². The molecule has 1 atom stereocenters. The second-order valence-electron chi connectivity index (χ2n) is 3.15. The minimum Gasteiger partial charge on any atom is -0.387 e. The van der Waals surface area contributed by atoms with Crippen LogP contribution in [0.15, 0.2) is 30.3 Å². The van der Waals surface area contributed by atoms with Gasteiger partial charge in [0.1, 0.15) is 5.84 Å². The molecule has 0 saturated heterocycles. The van der Waals surface area contributed by atoms with Crippen LogP contribution in [0.5, 0.6) is 0 Å². The van der Waals surface area contributed by atoms with Gasteiger partial charge in [0.25, 0.3) is 0 Å². The summed E-state index contributed by atoms with van der Waals surface area (Å²) in [7, 11) is 0. The number of rotatable bonds is 5. The van der Waals surface area contributed by atoms with Crippen LogP contribution in [-0.4, -0.2) is 11.1 Å². The van der Waals surface area contributed by atoms with E-state index in [0.29, 0.717) is 0 Å². The van der Waals surface area contributed by atoms with Gasteiger partial charge in [-0.2, -0.15) is 0 Å². The van der Waals surface area contributed by atoms with Crippen LogP contribution in [0.25, 0.3) is 0 Å². The number of hydrogen-bond acceptors (Lipinski definition) is 2. The van der Waals surface area contributed by atoms with Gasteiger partial charge in [0.2, 0.25) is 0 Å². The molecule has 14 heavy (non-hydrogen) atoms. The van der Waals surface area contributed by atoms with Crippen LogP contribution in [0.1, 0.15) is 18.9 Å². The number of nitrogens with two attached hydrogens (primary N) is 1. The maximum Gasteiger partial charge on any atom is 0.104 e. The van der Waals surface area contributed by atoms with Crippen molar-refractivity contribution in [2.45, 2.75) is 24.3 Å². The average molecular weight is 208 g/mol. The third-order valence-electron chi connectivity index (χ3n) is 2.01. The monoisotopic (exact) mass is 208 g/mol. The molecule has 0 bridgehead atoms. The smallest absolute Gasteiger partial charge is 0.104 e. The molecule has 0 aromatic heterocycles. The summed E-state index contributed by atoms with van der Waals surface area (Å²) in [5, 5.41) is 7.54. The van der Waals surface area contributed by atoms with E-state index >= 15 is 0 Å². The molecular weight excluding hydrogens is 192 g/mol. The molecule has 76 valence electrons. The number of thioether (sulfide) groups is 1. The summed E-state index contributed by atoms with van der Waals surface area (Å²) < 4.78 is 0. The molecule has 1 aromatic rings. The lowest BCUT2D eigenvalue weighted by molar-refractivity contribution is 0.991. The molecule has 0 aliphatic rings. The van der Waals surface area contributed by atoms with Crippen molar-refractivity contribution in [3.05, 3.63) is 35.9 Å². The summed E-state index contributed by atoms with van der Waals surface area (Å²) >= 11 is 1.73. The van der Waals surface area contributed by atoms with Crippen molar-refractivity contribution in [1.82, 2.24) is 0 Å². The van der Waals surface area contributed by atoms with E-state index in [4.69, 9.17) is 11.1 Å². The van der Waals surface area contributed by atoms with Crippen LogP contribution in [0, 0.1) is 5.41 Å². The fraction of sp³-hybridized carbons (Fsp3) is 0.364. The first-order valence-electron chi connectivity index (χ1n) is 4.73. The lowest BCUT2D eigenvalue weighted by atomic mass is 10.2. The second-order valence-corrected chi connectivity index (χ2v) is 4.34. The minimum absolute atomic E-state index is 0.162. The van der Waals surface area contributed by atoms with Crippen molar-refractivity contribution in [2.75, 3.05) is 0 Å². The number of amidine groups is 1. The quantitative estimate of drug-likeness (QED) is 0.577.